The number of anilines is 1. The van der Waals surface area contributed by atoms with Crippen molar-refractivity contribution in [2.24, 2.45) is 5.92 Å². The van der Waals surface area contributed by atoms with Crippen molar-refractivity contribution in [3.63, 3.8) is 0 Å². The number of amides is 1. The smallest absolute Gasteiger partial charge is 0.354 e. The van der Waals surface area contributed by atoms with E-state index in [1.807, 2.05) is 16.5 Å². The third-order valence-electron chi connectivity index (χ3n) is 3.88. The topological polar surface area (TPSA) is 71.0 Å². The molecule has 1 N–H and O–H groups in total. The molecule has 0 bridgehead atoms. The van der Waals surface area contributed by atoms with Crippen LogP contribution in [0.1, 0.15) is 12.8 Å². The van der Waals surface area contributed by atoms with E-state index in [1.165, 1.54) is 29.4 Å². The van der Waals surface area contributed by atoms with E-state index < -0.39 is 24.5 Å². The number of aromatic nitrogens is 3. The minimum Gasteiger partial charge on any atom is -0.354 e. The maximum atomic E-state index is 12.3. The van der Waals surface area contributed by atoms with Crippen LogP contribution in [-0.4, -0.2) is 52.9 Å². The fourth-order valence-electron chi connectivity index (χ4n) is 2.75. The molecule has 1 amide bonds. The molecule has 0 spiro atoms. The van der Waals surface area contributed by atoms with Gasteiger partial charge in [-0.3, -0.25) is 4.79 Å². The van der Waals surface area contributed by atoms with E-state index in [9.17, 15) is 18.0 Å². The molecule has 0 aromatic carbocycles. The Kier molecular flexibility index (Phi) is 5.32. The Balaban J connectivity index is 1.75. The summed E-state index contributed by atoms with van der Waals surface area (Å²) >= 11 is 2.99. The molecule has 6 nitrogen and oxygen atoms in total. The number of hydrogen-bond acceptors (Lipinski definition) is 7. The number of thioether (sulfide) groups is 1. The van der Waals surface area contributed by atoms with Gasteiger partial charge in [-0.15, -0.1) is 11.3 Å². The van der Waals surface area contributed by atoms with Crippen LogP contribution in [0.3, 0.4) is 0 Å². The third-order valence-corrected chi connectivity index (χ3v) is 5.91. The number of hydrogen-bond donors (Lipinski definition) is 1. The number of carbonyl (C=O) groups excluding carboxylic acids is 1. The summed E-state index contributed by atoms with van der Waals surface area (Å²) in [5, 5.41) is 1.98. The van der Waals surface area contributed by atoms with E-state index >= 15 is 0 Å². The van der Waals surface area contributed by atoms with Gasteiger partial charge >= 0.3 is 6.18 Å². The molecule has 0 aliphatic carbocycles. The lowest BCUT2D eigenvalue weighted by Crippen LogP contribution is -2.45. The van der Waals surface area contributed by atoms with Crippen LogP contribution in [0.15, 0.2) is 10.7 Å². The number of fused-ring (bicyclic) bond motifs is 1. The van der Waals surface area contributed by atoms with Gasteiger partial charge in [-0.05, 0) is 19.1 Å². The summed E-state index contributed by atoms with van der Waals surface area (Å²) in [6.45, 7) is -0.268. The Morgan fingerprint density at radius 3 is 3.00 bits per heavy atom. The van der Waals surface area contributed by atoms with E-state index in [-0.39, 0.29) is 0 Å². The first kappa shape index (κ1) is 18.2. The number of carbonyl (C=O) groups is 1. The number of halogens is 3. The fourth-order valence-corrected chi connectivity index (χ4v) is 4.28. The zero-order valence-corrected chi connectivity index (χ0v) is 15.0. The average Bonchev–Trinajstić information content (AvgIpc) is 3.02. The lowest BCUT2D eigenvalue weighted by Gasteiger charge is -2.32. The fraction of sp³-hybridized carbons (Fsp3) is 0.571. The highest BCUT2D eigenvalue weighted by Crippen LogP contribution is 2.34. The summed E-state index contributed by atoms with van der Waals surface area (Å²) in [6, 6.07) is 0. The van der Waals surface area contributed by atoms with Gasteiger partial charge in [0.15, 0.2) is 15.8 Å². The molecule has 0 saturated carbocycles. The third kappa shape index (κ3) is 4.32. The zero-order valence-electron chi connectivity index (χ0n) is 13.3. The van der Waals surface area contributed by atoms with Crippen molar-refractivity contribution in [1.29, 1.82) is 0 Å². The summed E-state index contributed by atoms with van der Waals surface area (Å²) < 4.78 is 38.6. The first-order chi connectivity index (χ1) is 11.9. The van der Waals surface area contributed by atoms with Gasteiger partial charge in [0.25, 0.3) is 0 Å². The van der Waals surface area contributed by atoms with Gasteiger partial charge in [0, 0.05) is 13.1 Å². The molecular formula is C14H16F3N5OS2. The Morgan fingerprint density at radius 1 is 1.48 bits per heavy atom. The quantitative estimate of drug-likeness (QED) is 0.808. The van der Waals surface area contributed by atoms with Crippen LogP contribution in [0.2, 0.25) is 0 Å². The van der Waals surface area contributed by atoms with Crippen LogP contribution in [0.5, 0.6) is 0 Å². The largest absolute Gasteiger partial charge is 0.405 e. The number of alkyl halides is 3. The number of thiazole rings is 1. The first-order valence-corrected chi connectivity index (χ1v) is 9.66. The lowest BCUT2D eigenvalue weighted by molar-refractivity contribution is -0.140. The van der Waals surface area contributed by atoms with Crippen molar-refractivity contribution < 1.29 is 18.0 Å². The van der Waals surface area contributed by atoms with Crippen molar-refractivity contribution in [2.75, 3.05) is 30.8 Å². The molecule has 0 radical (unpaired) electrons. The second kappa shape index (κ2) is 7.32. The molecule has 1 fully saturated rings. The van der Waals surface area contributed by atoms with Crippen LogP contribution in [-0.2, 0) is 4.79 Å². The summed E-state index contributed by atoms with van der Waals surface area (Å²) in [4.78, 5) is 26.9. The van der Waals surface area contributed by atoms with Crippen LogP contribution in [0, 0.1) is 5.92 Å². The molecule has 1 aliphatic heterocycles. The van der Waals surface area contributed by atoms with Crippen molar-refractivity contribution >= 4 is 45.2 Å². The first-order valence-electron chi connectivity index (χ1n) is 7.62. The molecule has 1 unspecified atom stereocenters. The molecule has 1 atom stereocenters. The molecule has 136 valence electrons. The van der Waals surface area contributed by atoms with Crippen LogP contribution in [0.25, 0.3) is 10.3 Å². The second-order valence-corrected chi connectivity index (χ2v) is 7.70. The summed E-state index contributed by atoms with van der Waals surface area (Å²) in [5.41, 5.74) is 0.600. The van der Waals surface area contributed by atoms with Gasteiger partial charge in [0.05, 0.1) is 5.92 Å². The minimum atomic E-state index is -4.40. The summed E-state index contributed by atoms with van der Waals surface area (Å²) in [5.74, 6) is -0.369. The Bertz CT molecular complexity index is 766. The van der Waals surface area contributed by atoms with E-state index in [0.717, 1.165) is 9.04 Å². The molecule has 1 aliphatic rings. The SMILES string of the molecule is CSc1nc2ncnc(N3CCCC(C(=O)NCC(F)(F)F)C3)c2s1. The minimum absolute atomic E-state index is 0.336. The monoisotopic (exact) mass is 391 g/mol. The Morgan fingerprint density at radius 2 is 2.28 bits per heavy atom. The molecule has 3 rings (SSSR count). The number of piperidine rings is 1. The van der Waals surface area contributed by atoms with E-state index in [1.54, 1.807) is 0 Å². The predicted molar refractivity (Wildman–Crippen MR) is 91.0 cm³/mol. The highest BCUT2D eigenvalue weighted by Gasteiger charge is 2.32. The van der Waals surface area contributed by atoms with Crippen molar-refractivity contribution in [3.8, 4) is 0 Å². The average molecular weight is 391 g/mol. The van der Waals surface area contributed by atoms with Crippen molar-refractivity contribution in [2.45, 2.75) is 23.4 Å². The lowest BCUT2D eigenvalue weighted by atomic mass is 9.97. The number of rotatable bonds is 4. The number of nitrogens with one attached hydrogen (secondary N) is 1. The van der Waals surface area contributed by atoms with Crippen LogP contribution >= 0.6 is 23.1 Å². The molecule has 11 heteroatoms. The van der Waals surface area contributed by atoms with Crippen LogP contribution in [0.4, 0.5) is 19.0 Å². The standard InChI is InChI=1S/C14H16F3N5OS2/c1-24-13-21-10-9(25-13)11(20-7-19-10)22-4-2-3-8(5-22)12(23)18-6-14(15,16)17/h7-8H,2-6H2,1H3,(H,18,23). The van der Waals surface area contributed by atoms with Gasteiger partial charge in [-0.25, -0.2) is 15.0 Å². The van der Waals surface area contributed by atoms with Gasteiger partial charge in [0.1, 0.15) is 17.6 Å². The Labute approximate surface area is 150 Å². The highest BCUT2D eigenvalue weighted by molar-refractivity contribution is 8.00. The maximum Gasteiger partial charge on any atom is 0.405 e. The van der Waals surface area contributed by atoms with Gasteiger partial charge < -0.3 is 10.2 Å². The number of nitrogens with zero attached hydrogens (tertiary/aromatic N) is 4. The highest BCUT2D eigenvalue weighted by atomic mass is 32.2. The van der Waals surface area contributed by atoms with Crippen molar-refractivity contribution in [3.05, 3.63) is 6.33 Å². The predicted octanol–water partition coefficient (Wildman–Crippen LogP) is 2.70. The Hall–Kier alpha value is -1.62. The van der Waals surface area contributed by atoms with Crippen molar-refractivity contribution in [1.82, 2.24) is 20.3 Å². The van der Waals surface area contributed by atoms with Crippen LogP contribution < -0.4 is 10.2 Å². The summed E-state index contributed by atoms with van der Waals surface area (Å²) in [7, 11) is 0. The van der Waals surface area contributed by atoms with Gasteiger partial charge in [-0.2, -0.15) is 13.2 Å². The second-order valence-electron chi connectivity index (χ2n) is 5.65. The van der Waals surface area contributed by atoms with Gasteiger partial charge in [0.2, 0.25) is 5.91 Å². The molecule has 2 aromatic rings. The maximum absolute atomic E-state index is 12.3. The molecule has 3 heterocycles. The van der Waals surface area contributed by atoms with Gasteiger partial charge in [-0.1, -0.05) is 11.8 Å². The molecular weight excluding hydrogens is 375 g/mol. The zero-order chi connectivity index (χ0) is 18.0. The van der Waals surface area contributed by atoms with E-state index in [0.29, 0.717) is 37.4 Å². The normalized spacial score (nSPS) is 18.6. The van der Waals surface area contributed by atoms with E-state index in [2.05, 4.69) is 15.0 Å². The molecule has 25 heavy (non-hydrogen) atoms. The summed E-state index contributed by atoms with van der Waals surface area (Å²) in [6.07, 6.45) is 0.220. The van der Waals surface area contributed by atoms with E-state index in [4.69, 9.17) is 0 Å². The molecule has 2 aromatic heterocycles. The molecule has 1 saturated heterocycles.